The van der Waals surface area contributed by atoms with Crippen molar-refractivity contribution in [2.24, 2.45) is 28.2 Å². The molecule has 4 fully saturated rings. The van der Waals surface area contributed by atoms with Gasteiger partial charge in [0.05, 0.1) is 18.6 Å². The normalized spacial score (nSPS) is 18.2. The number of aromatic nitrogens is 4. The van der Waals surface area contributed by atoms with Crippen molar-refractivity contribution in [1.82, 2.24) is 30.1 Å². The highest BCUT2D eigenvalue weighted by Gasteiger charge is 2.50. The highest BCUT2D eigenvalue weighted by atomic mass is 19.1. The number of nitrogens with zero attached hydrogens (tertiary/aromatic N) is 8. The molecule has 0 atom stereocenters. The molecule has 4 aromatic heterocycles. The zero-order chi connectivity index (χ0) is 48.5. The number of fused-ring (bicyclic) bond motifs is 1. The highest BCUT2D eigenvalue weighted by Crippen LogP contribution is 2.54. The summed E-state index contributed by atoms with van der Waals surface area (Å²) in [7, 11) is 0. The van der Waals surface area contributed by atoms with Gasteiger partial charge in [0, 0.05) is 68.0 Å². The smallest absolute Gasteiger partial charge is 0.407 e. The second kappa shape index (κ2) is 19.2. The molecule has 0 radical (unpaired) electrons. The average Bonchev–Trinajstić information content (AvgIpc) is 4.01. The average molecular weight is 947 g/mol. The first-order chi connectivity index (χ1) is 33.1. The molecule has 4 aliphatic rings. The van der Waals surface area contributed by atoms with Gasteiger partial charge in [0.25, 0.3) is 11.8 Å². The lowest BCUT2D eigenvalue weighted by atomic mass is 9.57. The van der Waals surface area contributed by atoms with E-state index < -0.39 is 24.0 Å². The maximum Gasteiger partial charge on any atom is 0.407 e. The highest BCUT2D eigenvalue weighted by molar-refractivity contribution is 5.91. The molecule has 2 spiro atoms. The van der Waals surface area contributed by atoms with Gasteiger partial charge in [-0.3, -0.25) is 14.5 Å². The summed E-state index contributed by atoms with van der Waals surface area (Å²) in [5.41, 5.74) is 13.4. The molecule has 2 saturated carbocycles. The summed E-state index contributed by atoms with van der Waals surface area (Å²) in [6, 6.07) is 21.5. The number of rotatable bonds is 12. The van der Waals surface area contributed by atoms with Crippen LogP contribution in [0.5, 0.6) is 0 Å². The van der Waals surface area contributed by atoms with E-state index in [0.717, 1.165) is 111 Å². The van der Waals surface area contributed by atoms with E-state index in [1.54, 1.807) is 18.2 Å². The van der Waals surface area contributed by atoms with Crippen LogP contribution >= 0.6 is 0 Å². The van der Waals surface area contributed by atoms with Crippen LogP contribution in [0.1, 0.15) is 83.9 Å². The second-order valence-electron chi connectivity index (χ2n) is 18.9. The van der Waals surface area contributed by atoms with Crippen LogP contribution in [0.25, 0.3) is 22.0 Å². The molecule has 6 N–H and O–H groups in total. The van der Waals surface area contributed by atoms with Gasteiger partial charge in [-0.1, -0.05) is 22.4 Å². The van der Waals surface area contributed by atoms with E-state index in [9.17, 15) is 38.2 Å². The van der Waals surface area contributed by atoms with Crippen molar-refractivity contribution in [3.05, 3.63) is 120 Å². The Kier molecular flexibility index (Phi) is 12.9. The standard InChI is InChI=1S/C25H26FN5O4.C24H26FN5O4/c26-18-4-1-16(2-5-18)17-3-6-22(28-14-17)30-9-7-25(8-10-30)12-19(13-25)31(24(33)34)15-20-11-21(23(27)32)29-35-20;25-17-2-3-19-16(9-17)1-4-21(27-19)29-7-5-24(6-8-29)11-15(12-24)13-30(23(32)33)14-18-10-20(22(26)31)28-34-18/h1-6,11,14,19H,7-10,12-13,15H2,(H2,27,32)(H,33,34);1-4,9-10,15H,5-8,11-14H2,(H2,26,31)(H,32,33). The molecule has 10 rings (SSSR count). The molecular weight excluding hydrogens is 895 g/mol. The van der Waals surface area contributed by atoms with Crippen LogP contribution in [0.2, 0.25) is 0 Å². The monoisotopic (exact) mass is 946 g/mol. The molecule has 2 aliphatic carbocycles. The molecule has 2 saturated heterocycles. The number of anilines is 2. The van der Waals surface area contributed by atoms with Crippen molar-refractivity contribution in [3.8, 4) is 11.1 Å². The van der Waals surface area contributed by atoms with E-state index in [-0.39, 0.29) is 58.9 Å². The number of pyridine rings is 2. The number of amides is 4. The van der Waals surface area contributed by atoms with Crippen molar-refractivity contribution >= 4 is 46.5 Å². The Labute approximate surface area is 394 Å². The fraction of sp³-hybridized carbons (Fsp3) is 0.388. The van der Waals surface area contributed by atoms with Crippen molar-refractivity contribution in [3.63, 3.8) is 0 Å². The maximum atomic E-state index is 13.4. The van der Waals surface area contributed by atoms with Crippen molar-refractivity contribution in [2.45, 2.75) is 70.5 Å². The molecule has 6 heterocycles. The summed E-state index contributed by atoms with van der Waals surface area (Å²) < 4.78 is 36.7. The largest absolute Gasteiger partial charge is 0.465 e. The summed E-state index contributed by atoms with van der Waals surface area (Å²) >= 11 is 0. The van der Waals surface area contributed by atoms with Gasteiger partial charge in [-0.2, -0.15) is 0 Å². The number of carbonyl (C=O) groups excluding carboxylic acids is 2. The van der Waals surface area contributed by atoms with Crippen LogP contribution < -0.4 is 21.3 Å². The predicted octanol–water partition coefficient (Wildman–Crippen LogP) is 7.54. The Morgan fingerprint density at radius 2 is 1.22 bits per heavy atom. The zero-order valence-corrected chi connectivity index (χ0v) is 37.7. The Morgan fingerprint density at radius 1 is 0.667 bits per heavy atom. The molecular formula is C49H52F2N10O8. The lowest BCUT2D eigenvalue weighted by molar-refractivity contribution is -0.0149. The predicted molar refractivity (Wildman–Crippen MR) is 247 cm³/mol. The number of benzene rings is 2. The number of piperidine rings is 2. The quantitative estimate of drug-likeness (QED) is 0.0925. The topological polar surface area (TPSA) is 252 Å². The Bertz CT molecular complexity index is 2830. The summed E-state index contributed by atoms with van der Waals surface area (Å²) in [5.74, 6) is 0.743. The number of halogens is 2. The Hall–Kier alpha value is -7.64. The summed E-state index contributed by atoms with van der Waals surface area (Å²) in [5, 5.41) is 27.3. The van der Waals surface area contributed by atoms with E-state index in [4.69, 9.17) is 25.5 Å². The first kappa shape index (κ1) is 46.5. The molecule has 18 nitrogen and oxygen atoms in total. The number of carboxylic acid groups (broad SMARTS) is 2. The van der Waals surface area contributed by atoms with Crippen molar-refractivity contribution < 1.29 is 47.2 Å². The third-order valence-electron chi connectivity index (χ3n) is 14.4. The number of primary amides is 2. The van der Waals surface area contributed by atoms with Gasteiger partial charge in [0.1, 0.15) is 23.3 Å². The minimum Gasteiger partial charge on any atom is -0.465 e. The fourth-order valence-electron chi connectivity index (χ4n) is 10.6. The molecule has 2 aliphatic heterocycles. The molecule has 0 unspecified atom stereocenters. The number of nitrogens with two attached hydrogens (primary N) is 2. The molecule has 360 valence electrons. The van der Waals surface area contributed by atoms with Gasteiger partial charge in [0.15, 0.2) is 22.9 Å². The van der Waals surface area contributed by atoms with Crippen LogP contribution in [-0.2, 0) is 13.1 Å². The fourth-order valence-corrected chi connectivity index (χ4v) is 10.6. The SMILES string of the molecule is NC(=O)c1cc(CN(C(=O)O)C2CC3(CCN(c4ccc(-c5ccc(F)cc5)cn4)CC3)C2)on1.NC(=O)c1cc(CN(CC2CC3(CCN(c4ccc5cc(F)ccc5n4)CC3)C2)C(=O)O)on1. The minimum atomic E-state index is -1.03. The van der Waals surface area contributed by atoms with E-state index in [2.05, 4.69) is 25.1 Å². The third kappa shape index (κ3) is 10.4. The lowest BCUT2D eigenvalue weighted by Crippen LogP contribution is -2.56. The zero-order valence-electron chi connectivity index (χ0n) is 37.7. The molecule has 4 amide bonds. The number of hydrogen-bond donors (Lipinski definition) is 4. The van der Waals surface area contributed by atoms with Crippen molar-refractivity contribution in [1.29, 1.82) is 0 Å². The van der Waals surface area contributed by atoms with Crippen LogP contribution in [-0.4, -0.2) is 103 Å². The van der Waals surface area contributed by atoms with Crippen LogP contribution in [0.15, 0.2) is 94.1 Å². The Balaban J connectivity index is 0.000000172. The van der Waals surface area contributed by atoms with Crippen LogP contribution in [0, 0.1) is 28.4 Å². The first-order valence-electron chi connectivity index (χ1n) is 22.9. The maximum absolute atomic E-state index is 13.4. The van der Waals surface area contributed by atoms with E-state index in [1.165, 1.54) is 46.2 Å². The molecule has 0 bridgehead atoms. The number of hydrogen-bond acceptors (Lipinski definition) is 12. The Morgan fingerprint density at radius 3 is 1.77 bits per heavy atom. The summed E-state index contributed by atoms with van der Waals surface area (Å²) in [4.78, 5) is 62.5. The van der Waals surface area contributed by atoms with E-state index >= 15 is 0 Å². The summed E-state index contributed by atoms with van der Waals surface area (Å²) in [6.07, 6.45) is 7.30. The van der Waals surface area contributed by atoms with Gasteiger partial charge < -0.3 is 45.4 Å². The van der Waals surface area contributed by atoms with E-state index in [0.29, 0.717) is 18.1 Å². The minimum absolute atomic E-state index is 0.0113. The van der Waals surface area contributed by atoms with Crippen LogP contribution in [0.4, 0.5) is 30.0 Å². The number of carbonyl (C=O) groups is 4. The van der Waals surface area contributed by atoms with Gasteiger partial charge >= 0.3 is 12.2 Å². The van der Waals surface area contributed by atoms with Gasteiger partial charge in [-0.15, -0.1) is 0 Å². The first-order valence-corrected chi connectivity index (χ1v) is 22.9. The van der Waals surface area contributed by atoms with Crippen LogP contribution in [0.3, 0.4) is 0 Å². The molecule has 20 heteroatoms. The molecule has 6 aromatic rings. The van der Waals surface area contributed by atoms with Crippen molar-refractivity contribution in [2.75, 3.05) is 42.5 Å². The molecule has 2 aromatic carbocycles. The second-order valence-corrected chi connectivity index (χ2v) is 18.9. The van der Waals surface area contributed by atoms with Gasteiger partial charge in [-0.25, -0.2) is 28.3 Å². The summed E-state index contributed by atoms with van der Waals surface area (Å²) in [6.45, 7) is 3.97. The van der Waals surface area contributed by atoms with Gasteiger partial charge in [-0.05, 0) is 128 Å². The van der Waals surface area contributed by atoms with E-state index in [1.807, 2.05) is 30.5 Å². The third-order valence-corrected chi connectivity index (χ3v) is 14.4. The molecule has 69 heavy (non-hydrogen) atoms. The lowest BCUT2D eigenvalue weighted by Gasteiger charge is -2.54. The van der Waals surface area contributed by atoms with Gasteiger partial charge in [0.2, 0.25) is 0 Å².